The Hall–Kier alpha value is -3.81. The third-order valence-corrected chi connectivity index (χ3v) is 4.60. The number of methoxy groups -OCH3 is 1. The Morgan fingerprint density at radius 1 is 1.18 bits per heavy atom. The zero-order valence-corrected chi connectivity index (χ0v) is 15.4. The lowest BCUT2D eigenvalue weighted by atomic mass is 9.95. The number of allylic oxidation sites excluding steroid dienone is 1. The number of fused-ring (bicyclic) bond motifs is 1. The second-order valence-corrected chi connectivity index (χ2v) is 6.37. The first-order valence-corrected chi connectivity index (χ1v) is 8.68. The first kappa shape index (κ1) is 17.6. The van der Waals surface area contributed by atoms with E-state index in [1.807, 2.05) is 6.92 Å². The summed E-state index contributed by atoms with van der Waals surface area (Å²) in [7, 11) is 1.59. The third kappa shape index (κ3) is 3.16. The number of aromatic nitrogens is 3. The summed E-state index contributed by atoms with van der Waals surface area (Å²) in [5.74, 6) is 1.16. The van der Waals surface area contributed by atoms with Gasteiger partial charge in [-0.1, -0.05) is 12.1 Å². The summed E-state index contributed by atoms with van der Waals surface area (Å²) in [6.45, 7) is 1.83. The molecule has 1 atom stereocenters. The number of benzene rings is 2. The molecule has 2 aromatic carbocycles. The van der Waals surface area contributed by atoms with Crippen molar-refractivity contribution in [3.8, 4) is 11.5 Å². The molecule has 1 aromatic heterocycles. The van der Waals surface area contributed by atoms with Crippen LogP contribution in [0.15, 0.2) is 66.1 Å². The van der Waals surface area contributed by atoms with Gasteiger partial charge in [-0.25, -0.2) is 4.68 Å². The fraction of sp³-hybridized carbons (Fsp3) is 0.150. The van der Waals surface area contributed by atoms with Gasteiger partial charge < -0.3 is 20.5 Å². The number of nitrogens with zero attached hydrogens (tertiary/aromatic N) is 3. The highest BCUT2D eigenvalue weighted by atomic mass is 16.5. The van der Waals surface area contributed by atoms with Crippen LogP contribution in [0.3, 0.4) is 0 Å². The number of nitrogens with one attached hydrogen (secondary N) is 2. The second-order valence-electron chi connectivity index (χ2n) is 6.37. The average Bonchev–Trinajstić information content (AvgIpc) is 3.16. The van der Waals surface area contributed by atoms with Crippen molar-refractivity contribution in [2.45, 2.75) is 13.0 Å². The smallest absolute Gasteiger partial charge is 0.255 e. The van der Waals surface area contributed by atoms with Gasteiger partial charge in [-0.2, -0.15) is 10.1 Å². The maximum absolute atomic E-state index is 13.2. The van der Waals surface area contributed by atoms with Crippen LogP contribution in [0.4, 0.5) is 11.6 Å². The molecule has 4 rings (SSSR count). The second kappa shape index (κ2) is 7.07. The third-order valence-electron chi connectivity index (χ3n) is 4.60. The van der Waals surface area contributed by atoms with E-state index in [1.54, 1.807) is 60.3 Å². The Balaban J connectivity index is 1.71. The number of carbonyl (C=O) groups is 1. The van der Waals surface area contributed by atoms with E-state index in [1.165, 1.54) is 6.33 Å². The van der Waals surface area contributed by atoms with Gasteiger partial charge in [-0.3, -0.25) is 4.79 Å². The number of phenolic OH excluding ortho intramolecular Hbond substituents is 1. The highest BCUT2D eigenvalue weighted by molar-refractivity contribution is 6.06. The molecule has 0 bridgehead atoms. The minimum Gasteiger partial charge on any atom is -0.508 e. The average molecular weight is 377 g/mol. The molecule has 1 unspecified atom stereocenters. The van der Waals surface area contributed by atoms with E-state index >= 15 is 0 Å². The number of hydrogen-bond acceptors (Lipinski definition) is 6. The van der Waals surface area contributed by atoms with Gasteiger partial charge in [0.1, 0.15) is 23.9 Å². The maximum Gasteiger partial charge on any atom is 0.255 e. The molecule has 1 amide bonds. The fourth-order valence-corrected chi connectivity index (χ4v) is 3.22. The van der Waals surface area contributed by atoms with Gasteiger partial charge in [-0.15, -0.1) is 0 Å². The lowest BCUT2D eigenvalue weighted by molar-refractivity contribution is -0.113. The molecule has 2 heterocycles. The summed E-state index contributed by atoms with van der Waals surface area (Å²) in [5.41, 5.74) is 2.66. The number of ether oxygens (including phenoxy) is 1. The topological polar surface area (TPSA) is 101 Å². The minimum absolute atomic E-state index is 0.154. The largest absolute Gasteiger partial charge is 0.508 e. The lowest BCUT2D eigenvalue weighted by Gasteiger charge is -2.28. The Kier molecular flexibility index (Phi) is 4.44. The summed E-state index contributed by atoms with van der Waals surface area (Å²) in [5, 5.41) is 20.0. The summed E-state index contributed by atoms with van der Waals surface area (Å²) in [6, 6.07) is 13.3. The molecular formula is C20H19N5O3. The van der Waals surface area contributed by atoms with Gasteiger partial charge in [0.05, 0.1) is 12.7 Å². The summed E-state index contributed by atoms with van der Waals surface area (Å²) >= 11 is 0. The van der Waals surface area contributed by atoms with Gasteiger partial charge in [-0.05, 0) is 48.9 Å². The first-order valence-electron chi connectivity index (χ1n) is 8.68. The first-order chi connectivity index (χ1) is 13.6. The lowest BCUT2D eigenvalue weighted by Crippen LogP contribution is -2.31. The molecule has 0 saturated heterocycles. The van der Waals surface area contributed by atoms with Crippen LogP contribution in [-0.2, 0) is 4.79 Å². The molecule has 8 nitrogen and oxygen atoms in total. The zero-order chi connectivity index (χ0) is 19.7. The van der Waals surface area contributed by atoms with Crippen LogP contribution < -0.4 is 15.4 Å². The van der Waals surface area contributed by atoms with Crippen LogP contribution >= 0.6 is 0 Å². The van der Waals surface area contributed by atoms with Crippen molar-refractivity contribution in [1.29, 1.82) is 0 Å². The molecule has 0 fully saturated rings. The maximum atomic E-state index is 13.2. The molecule has 0 aliphatic carbocycles. The molecule has 0 saturated carbocycles. The Morgan fingerprint density at radius 3 is 2.57 bits per heavy atom. The summed E-state index contributed by atoms with van der Waals surface area (Å²) in [4.78, 5) is 17.4. The Bertz CT molecular complexity index is 1040. The summed E-state index contributed by atoms with van der Waals surface area (Å²) < 4.78 is 6.81. The van der Waals surface area contributed by atoms with Crippen LogP contribution in [0.5, 0.6) is 11.5 Å². The van der Waals surface area contributed by atoms with E-state index < -0.39 is 6.04 Å². The van der Waals surface area contributed by atoms with Gasteiger partial charge in [0.25, 0.3) is 5.91 Å². The molecule has 142 valence electrons. The van der Waals surface area contributed by atoms with Gasteiger partial charge >= 0.3 is 0 Å². The highest BCUT2D eigenvalue weighted by Gasteiger charge is 2.33. The molecular weight excluding hydrogens is 358 g/mol. The van der Waals surface area contributed by atoms with Gasteiger partial charge in [0.2, 0.25) is 5.95 Å². The van der Waals surface area contributed by atoms with Crippen LogP contribution in [0.2, 0.25) is 0 Å². The van der Waals surface area contributed by atoms with Crippen molar-refractivity contribution in [1.82, 2.24) is 14.8 Å². The molecule has 3 aromatic rings. The quantitative estimate of drug-likeness (QED) is 0.646. The van der Waals surface area contributed by atoms with Crippen molar-refractivity contribution < 1.29 is 14.6 Å². The number of anilines is 2. The molecule has 1 aliphatic rings. The Labute approximate surface area is 161 Å². The highest BCUT2D eigenvalue weighted by Crippen LogP contribution is 2.35. The predicted molar refractivity (Wildman–Crippen MR) is 104 cm³/mol. The molecule has 0 radical (unpaired) electrons. The van der Waals surface area contributed by atoms with E-state index in [4.69, 9.17) is 4.74 Å². The van der Waals surface area contributed by atoms with Crippen molar-refractivity contribution in [3.05, 3.63) is 71.7 Å². The van der Waals surface area contributed by atoms with E-state index in [9.17, 15) is 9.90 Å². The van der Waals surface area contributed by atoms with Crippen molar-refractivity contribution in [2.24, 2.45) is 0 Å². The van der Waals surface area contributed by atoms with E-state index in [0.29, 0.717) is 28.7 Å². The number of rotatable bonds is 4. The number of aromatic hydroxyl groups is 1. The van der Waals surface area contributed by atoms with E-state index in [2.05, 4.69) is 20.7 Å². The number of carbonyl (C=O) groups excluding carboxylic acids is 1. The number of phenols is 1. The normalized spacial score (nSPS) is 15.6. The van der Waals surface area contributed by atoms with Crippen molar-refractivity contribution >= 4 is 17.5 Å². The summed E-state index contributed by atoms with van der Waals surface area (Å²) in [6.07, 6.45) is 1.44. The Morgan fingerprint density at radius 2 is 1.89 bits per heavy atom. The SMILES string of the molecule is COc1ccc(NC(=O)C2=C(C)Nc3ncnn3C2c2ccc(O)cc2)cc1. The number of amides is 1. The monoisotopic (exact) mass is 377 g/mol. The van der Waals surface area contributed by atoms with Crippen LogP contribution in [0.25, 0.3) is 0 Å². The molecule has 1 aliphatic heterocycles. The fourth-order valence-electron chi connectivity index (χ4n) is 3.22. The van der Waals surface area contributed by atoms with Crippen molar-refractivity contribution in [2.75, 3.05) is 17.7 Å². The zero-order valence-electron chi connectivity index (χ0n) is 15.4. The van der Waals surface area contributed by atoms with Gasteiger partial charge in [0, 0.05) is 11.4 Å². The molecule has 0 spiro atoms. The molecule has 3 N–H and O–H groups in total. The van der Waals surface area contributed by atoms with Crippen LogP contribution in [-0.4, -0.2) is 32.9 Å². The van der Waals surface area contributed by atoms with Crippen molar-refractivity contribution in [3.63, 3.8) is 0 Å². The molecule has 28 heavy (non-hydrogen) atoms. The molecule has 8 heteroatoms. The van der Waals surface area contributed by atoms with Crippen LogP contribution in [0, 0.1) is 0 Å². The van der Waals surface area contributed by atoms with Gasteiger partial charge in [0.15, 0.2) is 0 Å². The standard InChI is InChI=1S/C20H19N5O3/c1-12-17(19(27)24-14-5-9-16(28-2)10-6-14)18(13-3-7-15(26)8-4-13)25-20(23-12)21-11-22-25/h3-11,18,26H,1-2H3,(H,24,27)(H,21,22,23). The van der Waals surface area contributed by atoms with Crippen LogP contribution in [0.1, 0.15) is 18.5 Å². The predicted octanol–water partition coefficient (Wildman–Crippen LogP) is 2.92. The van der Waals surface area contributed by atoms with E-state index in [-0.39, 0.29) is 11.7 Å². The minimum atomic E-state index is -0.474. The number of hydrogen-bond donors (Lipinski definition) is 3. The van der Waals surface area contributed by atoms with E-state index in [0.717, 1.165) is 5.56 Å².